The number of likely N-dealkylation sites (tertiary alicyclic amines) is 1. The van der Waals surface area contributed by atoms with E-state index in [2.05, 4.69) is 24.0 Å². The second-order valence-electron chi connectivity index (χ2n) is 5.43. The molecule has 1 unspecified atom stereocenters. The molecular weight excluding hydrogens is 224 g/mol. The maximum atomic E-state index is 5.89. The summed E-state index contributed by atoms with van der Waals surface area (Å²) in [6.07, 6.45) is 3.97. The topological polar surface area (TPSA) is 38.5 Å². The van der Waals surface area contributed by atoms with Crippen molar-refractivity contribution in [3.8, 4) is 5.75 Å². The molecule has 0 aromatic heterocycles. The number of methoxy groups -OCH3 is 1. The average Bonchev–Trinajstić information content (AvgIpc) is 2.54. The molecule has 0 saturated carbocycles. The van der Waals surface area contributed by atoms with E-state index in [-0.39, 0.29) is 0 Å². The monoisotopic (exact) mass is 248 g/mol. The summed E-state index contributed by atoms with van der Waals surface area (Å²) in [6, 6.07) is 6.01. The number of hydrogen-bond acceptors (Lipinski definition) is 3. The first-order valence-electron chi connectivity index (χ1n) is 6.83. The van der Waals surface area contributed by atoms with Gasteiger partial charge in [0.05, 0.1) is 7.11 Å². The molecule has 0 radical (unpaired) electrons. The lowest BCUT2D eigenvalue weighted by Crippen LogP contribution is -2.24. The van der Waals surface area contributed by atoms with Gasteiger partial charge in [0.25, 0.3) is 0 Å². The highest BCUT2D eigenvalue weighted by molar-refractivity contribution is 5.47. The van der Waals surface area contributed by atoms with Crippen LogP contribution in [-0.4, -0.2) is 25.1 Å². The Kier molecular flexibility index (Phi) is 4.48. The van der Waals surface area contributed by atoms with Crippen LogP contribution >= 0.6 is 0 Å². The summed E-state index contributed by atoms with van der Waals surface area (Å²) < 4.78 is 5.27. The summed E-state index contributed by atoms with van der Waals surface area (Å²) >= 11 is 0. The lowest BCUT2D eigenvalue weighted by molar-refractivity contribution is 0.273. The van der Waals surface area contributed by atoms with Crippen LogP contribution in [0.4, 0.5) is 5.69 Å². The zero-order valence-corrected chi connectivity index (χ0v) is 11.5. The number of nitrogen functional groups attached to an aromatic ring is 1. The van der Waals surface area contributed by atoms with Crippen LogP contribution in [-0.2, 0) is 6.54 Å². The van der Waals surface area contributed by atoms with E-state index in [0.717, 1.165) is 23.9 Å². The highest BCUT2D eigenvalue weighted by atomic mass is 16.5. The summed E-state index contributed by atoms with van der Waals surface area (Å²) in [6.45, 7) is 5.72. The normalized spacial score (nSPS) is 21.6. The molecule has 100 valence electrons. The molecule has 0 bridgehead atoms. The molecule has 0 aliphatic carbocycles. The van der Waals surface area contributed by atoms with Gasteiger partial charge in [0, 0.05) is 18.3 Å². The second kappa shape index (κ2) is 6.10. The molecule has 0 spiro atoms. The number of nitrogens with two attached hydrogens (primary N) is 1. The van der Waals surface area contributed by atoms with Crippen molar-refractivity contribution in [1.29, 1.82) is 0 Å². The fourth-order valence-corrected chi connectivity index (χ4v) is 2.63. The van der Waals surface area contributed by atoms with Crippen molar-refractivity contribution in [1.82, 2.24) is 4.90 Å². The van der Waals surface area contributed by atoms with Crippen LogP contribution < -0.4 is 10.5 Å². The van der Waals surface area contributed by atoms with E-state index < -0.39 is 0 Å². The molecule has 3 heteroatoms. The molecule has 1 saturated heterocycles. The first kappa shape index (κ1) is 13.2. The van der Waals surface area contributed by atoms with Crippen molar-refractivity contribution >= 4 is 5.69 Å². The Bertz CT molecular complexity index is 392. The highest BCUT2D eigenvalue weighted by Gasteiger charge is 2.14. The molecule has 1 aromatic carbocycles. The Balaban J connectivity index is 2.01. The quantitative estimate of drug-likeness (QED) is 0.836. The summed E-state index contributed by atoms with van der Waals surface area (Å²) in [5, 5.41) is 0. The third-order valence-corrected chi connectivity index (χ3v) is 3.74. The van der Waals surface area contributed by atoms with Crippen LogP contribution in [0.3, 0.4) is 0 Å². The molecule has 2 N–H and O–H groups in total. The molecule has 2 rings (SSSR count). The van der Waals surface area contributed by atoms with E-state index in [1.807, 2.05) is 6.07 Å². The Morgan fingerprint density at radius 2 is 2.11 bits per heavy atom. The third kappa shape index (κ3) is 3.64. The smallest absolute Gasteiger partial charge is 0.121 e. The van der Waals surface area contributed by atoms with Gasteiger partial charge in [-0.1, -0.05) is 6.92 Å². The van der Waals surface area contributed by atoms with E-state index in [1.54, 1.807) is 7.11 Å². The molecular formula is C15H24N2O. The van der Waals surface area contributed by atoms with Gasteiger partial charge in [0.1, 0.15) is 5.75 Å². The molecule has 1 aromatic rings. The molecule has 1 atom stereocenters. The van der Waals surface area contributed by atoms with Gasteiger partial charge in [0.15, 0.2) is 0 Å². The van der Waals surface area contributed by atoms with Crippen LogP contribution in [0.2, 0.25) is 0 Å². The van der Waals surface area contributed by atoms with Gasteiger partial charge >= 0.3 is 0 Å². The maximum Gasteiger partial charge on any atom is 0.121 e. The van der Waals surface area contributed by atoms with E-state index in [1.165, 1.54) is 37.9 Å². The number of benzene rings is 1. The van der Waals surface area contributed by atoms with E-state index in [0.29, 0.717) is 0 Å². The Morgan fingerprint density at radius 3 is 2.89 bits per heavy atom. The van der Waals surface area contributed by atoms with Gasteiger partial charge in [-0.15, -0.1) is 0 Å². The van der Waals surface area contributed by atoms with Crippen molar-refractivity contribution in [3.05, 3.63) is 23.8 Å². The predicted octanol–water partition coefficient (Wildman–Crippen LogP) is 2.90. The van der Waals surface area contributed by atoms with Crippen molar-refractivity contribution < 1.29 is 4.74 Å². The third-order valence-electron chi connectivity index (χ3n) is 3.74. The highest BCUT2D eigenvalue weighted by Crippen LogP contribution is 2.22. The lowest BCUT2D eigenvalue weighted by Gasteiger charge is -2.20. The first-order chi connectivity index (χ1) is 8.67. The zero-order valence-electron chi connectivity index (χ0n) is 11.5. The van der Waals surface area contributed by atoms with Crippen LogP contribution in [0.15, 0.2) is 18.2 Å². The molecule has 18 heavy (non-hydrogen) atoms. The number of rotatable bonds is 3. The molecule has 1 aliphatic rings. The Labute approximate surface area is 110 Å². The number of ether oxygens (including phenoxy) is 1. The van der Waals surface area contributed by atoms with Gasteiger partial charge in [-0.3, -0.25) is 4.90 Å². The van der Waals surface area contributed by atoms with Gasteiger partial charge < -0.3 is 10.5 Å². The van der Waals surface area contributed by atoms with Gasteiger partial charge in [-0.25, -0.2) is 0 Å². The Hall–Kier alpha value is -1.22. The fourth-order valence-electron chi connectivity index (χ4n) is 2.63. The summed E-state index contributed by atoms with van der Waals surface area (Å²) in [5.74, 6) is 1.72. The first-order valence-corrected chi connectivity index (χ1v) is 6.83. The minimum atomic E-state index is 0.785. The summed E-state index contributed by atoms with van der Waals surface area (Å²) in [7, 11) is 1.69. The molecule has 1 aliphatic heterocycles. The number of hydrogen-bond donors (Lipinski definition) is 1. The second-order valence-corrected chi connectivity index (χ2v) is 5.43. The molecule has 1 heterocycles. The van der Waals surface area contributed by atoms with Crippen LogP contribution in [0.1, 0.15) is 31.7 Å². The number of nitrogens with zero attached hydrogens (tertiary/aromatic N) is 1. The standard InChI is InChI=1S/C15H24N2O/c1-12-4-3-6-17(7-5-12)11-13-8-14(16)10-15(9-13)18-2/h8-10,12H,3-7,11,16H2,1-2H3. The molecule has 3 nitrogen and oxygen atoms in total. The fraction of sp³-hybridized carbons (Fsp3) is 0.600. The van der Waals surface area contributed by atoms with E-state index in [9.17, 15) is 0 Å². The van der Waals surface area contributed by atoms with Crippen LogP contribution in [0, 0.1) is 5.92 Å². The van der Waals surface area contributed by atoms with Crippen molar-refractivity contribution in [2.45, 2.75) is 32.7 Å². The van der Waals surface area contributed by atoms with Crippen molar-refractivity contribution in [3.63, 3.8) is 0 Å². The molecule has 1 fully saturated rings. The molecule has 0 amide bonds. The minimum absolute atomic E-state index is 0.785. The average molecular weight is 248 g/mol. The largest absolute Gasteiger partial charge is 0.497 e. The van der Waals surface area contributed by atoms with Crippen molar-refractivity contribution in [2.24, 2.45) is 5.92 Å². The lowest BCUT2D eigenvalue weighted by atomic mass is 10.0. The van der Waals surface area contributed by atoms with E-state index >= 15 is 0 Å². The zero-order chi connectivity index (χ0) is 13.0. The maximum absolute atomic E-state index is 5.89. The van der Waals surface area contributed by atoms with E-state index in [4.69, 9.17) is 10.5 Å². The van der Waals surface area contributed by atoms with Gasteiger partial charge in [-0.2, -0.15) is 0 Å². The summed E-state index contributed by atoms with van der Waals surface area (Å²) in [4.78, 5) is 2.53. The Morgan fingerprint density at radius 1 is 1.28 bits per heavy atom. The predicted molar refractivity (Wildman–Crippen MR) is 75.7 cm³/mol. The summed E-state index contributed by atoms with van der Waals surface area (Å²) in [5.41, 5.74) is 7.93. The number of anilines is 1. The van der Waals surface area contributed by atoms with Crippen LogP contribution in [0.25, 0.3) is 0 Å². The SMILES string of the molecule is COc1cc(N)cc(CN2CCCC(C)CC2)c1. The van der Waals surface area contributed by atoms with Crippen LogP contribution in [0.5, 0.6) is 5.75 Å². The minimum Gasteiger partial charge on any atom is -0.497 e. The van der Waals surface area contributed by atoms with Gasteiger partial charge in [0.2, 0.25) is 0 Å². The van der Waals surface area contributed by atoms with Gasteiger partial charge in [-0.05, 0) is 56.0 Å². The van der Waals surface area contributed by atoms with Crippen molar-refractivity contribution in [2.75, 3.05) is 25.9 Å².